The molecule has 0 saturated carbocycles. The third-order valence-corrected chi connectivity index (χ3v) is 7.12. The molecule has 4 aromatic rings. The molecule has 0 bridgehead atoms. The van der Waals surface area contributed by atoms with Crippen LogP contribution in [0, 0.1) is 13.8 Å². The van der Waals surface area contributed by atoms with Crippen LogP contribution in [0.5, 0.6) is 17.2 Å². The lowest BCUT2D eigenvalue weighted by Gasteiger charge is -2.36. The zero-order valence-electron chi connectivity index (χ0n) is 21.7. The average Bonchev–Trinajstić information content (AvgIpc) is 3.33. The fraction of sp³-hybridized carbons (Fsp3) is 0.300. The van der Waals surface area contributed by atoms with E-state index in [4.69, 9.17) is 9.47 Å². The molecular formula is C30H34N4O3. The molecule has 1 aliphatic heterocycles. The van der Waals surface area contributed by atoms with Gasteiger partial charge in [-0.05, 0) is 55.8 Å². The first kappa shape index (κ1) is 24.7. The first-order valence-corrected chi connectivity index (χ1v) is 12.7. The molecule has 37 heavy (non-hydrogen) atoms. The summed E-state index contributed by atoms with van der Waals surface area (Å²) >= 11 is 0. The first-order valence-electron chi connectivity index (χ1n) is 12.7. The zero-order valence-corrected chi connectivity index (χ0v) is 21.7. The summed E-state index contributed by atoms with van der Waals surface area (Å²) in [6.07, 6.45) is 0. The molecule has 0 aliphatic carbocycles. The van der Waals surface area contributed by atoms with E-state index in [2.05, 4.69) is 50.3 Å². The predicted octanol–water partition coefficient (Wildman–Crippen LogP) is 5.28. The van der Waals surface area contributed by atoms with E-state index < -0.39 is 0 Å². The molecule has 0 radical (unpaired) electrons. The molecule has 0 atom stereocenters. The van der Waals surface area contributed by atoms with Crippen LogP contribution in [0.2, 0.25) is 0 Å². The lowest BCUT2D eigenvalue weighted by molar-refractivity contribution is 0.199. The van der Waals surface area contributed by atoms with Gasteiger partial charge in [-0.25, -0.2) is 0 Å². The number of piperazine rings is 1. The van der Waals surface area contributed by atoms with Crippen LogP contribution in [-0.4, -0.2) is 66.6 Å². The zero-order chi connectivity index (χ0) is 25.8. The van der Waals surface area contributed by atoms with Crippen molar-refractivity contribution < 1.29 is 14.6 Å². The quantitative estimate of drug-likeness (QED) is 0.345. The molecule has 0 amide bonds. The van der Waals surface area contributed by atoms with Crippen LogP contribution < -0.4 is 14.4 Å². The molecule has 1 aromatic heterocycles. The molecule has 1 aliphatic rings. The Balaban J connectivity index is 1.23. The highest BCUT2D eigenvalue weighted by Gasteiger charge is 2.21. The Morgan fingerprint density at radius 2 is 1.65 bits per heavy atom. The monoisotopic (exact) mass is 498 g/mol. The summed E-state index contributed by atoms with van der Waals surface area (Å²) in [5, 5.41) is 18.7. The lowest BCUT2D eigenvalue weighted by atomic mass is 9.97. The number of nitrogens with zero attached hydrogens (tertiary/aromatic N) is 3. The van der Waals surface area contributed by atoms with Crippen molar-refractivity contribution in [2.75, 3.05) is 51.3 Å². The highest BCUT2D eigenvalue weighted by Crippen LogP contribution is 2.41. The molecule has 7 heteroatoms. The van der Waals surface area contributed by atoms with Crippen molar-refractivity contribution in [2.45, 2.75) is 13.8 Å². The van der Waals surface area contributed by atoms with Crippen molar-refractivity contribution in [3.8, 4) is 39.6 Å². The minimum Gasteiger partial charge on any atom is -0.507 e. The van der Waals surface area contributed by atoms with Crippen LogP contribution in [-0.2, 0) is 0 Å². The Kier molecular flexibility index (Phi) is 7.32. The first-order chi connectivity index (χ1) is 18.0. The number of aromatic amines is 1. The van der Waals surface area contributed by atoms with Crippen molar-refractivity contribution in [1.82, 2.24) is 15.1 Å². The second kappa shape index (κ2) is 11.0. The second-order valence-electron chi connectivity index (χ2n) is 9.40. The standard InChI is InChI=1S/C30H34N4O3/c1-21-27(37-20-19-33-15-17-34(18-16-33)24-7-5-4-6-8-24)14-13-26(30(21)35)29-28(22(2)31-32-29)23-9-11-25(36-3)12-10-23/h4-14,35H,15-20H2,1-3H3,(H,31,32). The minimum atomic E-state index is 0.190. The van der Waals surface area contributed by atoms with Crippen LogP contribution >= 0.6 is 0 Å². The predicted molar refractivity (Wildman–Crippen MR) is 148 cm³/mol. The smallest absolute Gasteiger partial charge is 0.131 e. The number of H-pyrrole nitrogens is 1. The van der Waals surface area contributed by atoms with E-state index in [0.717, 1.165) is 55.3 Å². The van der Waals surface area contributed by atoms with E-state index in [1.54, 1.807) is 7.11 Å². The van der Waals surface area contributed by atoms with Gasteiger partial charge in [-0.15, -0.1) is 0 Å². The summed E-state index contributed by atoms with van der Waals surface area (Å²) in [7, 11) is 1.65. The number of aromatic hydroxyl groups is 1. The van der Waals surface area contributed by atoms with E-state index in [0.29, 0.717) is 29.2 Å². The number of rotatable bonds is 8. The fourth-order valence-electron chi connectivity index (χ4n) is 4.92. The van der Waals surface area contributed by atoms with Gasteiger partial charge < -0.3 is 19.5 Å². The molecule has 192 valence electrons. The molecular weight excluding hydrogens is 464 g/mol. The van der Waals surface area contributed by atoms with Crippen LogP contribution in [0.25, 0.3) is 22.4 Å². The van der Waals surface area contributed by atoms with Crippen LogP contribution in [0.15, 0.2) is 66.7 Å². The highest BCUT2D eigenvalue weighted by atomic mass is 16.5. The van der Waals surface area contributed by atoms with Gasteiger partial charge in [0.25, 0.3) is 0 Å². The number of aromatic nitrogens is 2. The Hall–Kier alpha value is -3.97. The third kappa shape index (κ3) is 5.27. The van der Waals surface area contributed by atoms with E-state index >= 15 is 0 Å². The maximum Gasteiger partial charge on any atom is 0.131 e. The van der Waals surface area contributed by atoms with Gasteiger partial charge in [0.15, 0.2) is 0 Å². The van der Waals surface area contributed by atoms with Gasteiger partial charge in [0.1, 0.15) is 29.5 Å². The SMILES string of the molecule is COc1ccc(-c2c(-c3ccc(OCCN4CCN(c5ccccc5)CC4)c(C)c3O)n[nH]c2C)cc1. The highest BCUT2D eigenvalue weighted by molar-refractivity contribution is 5.86. The van der Waals surface area contributed by atoms with Crippen LogP contribution in [0.3, 0.4) is 0 Å². The summed E-state index contributed by atoms with van der Waals surface area (Å²) in [6.45, 7) is 9.34. The largest absolute Gasteiger partial charge is 0.507 e. The number of hydrogen-bond donors (Lipinski definition) is 2. The maximum absolute atomic E-state index is 11.1. The van der Waals surface area contributed by atoms with Gasteiger partial charge in [-0.3, -0.25) is 10.00 Å². The molecule has 0 unspecified atom stereocenters. The number of benzene rings is 3. The van der Waals surface area contributed by atoms with Crippen molar-refractivity contribution in [1.29, 1.82) is 0 Å². The van der Waals surface area contributed by atoms with E-state index in [1.165, 1.54) is 5.69 Å². The van der Waals surface area contributed by atoms with Gasteiger partial charge >= 0.3 is 0 Å². The summed E-state index contributed by atoms with van der Waals surface area (Å²) in [4.78, 5) is 4.85. The normalized spacial score (nSPS) is 14.1. The number of methoxy groups -OCH3 is 1. The topological polar surface area (TPSA) is 73.8 Å². The van der Waals surface area contributed by atoms with Crippen LogP contribution in [0.4, 0.5) is 5.69 Å². The number of ether oxygens (including phenoxy) is 2. The number of phenolic OH excluding ortho intramolecular Hbond substituents is 1. The third-order valence-electron chi connectivity index (χ3n) is 7.12. The number of aryl methyl sites for hydroxylation is 1. The van der Waals surface area contributed by atoms with Crippen LogP contribution in [0.1, 0.15) is 11.3 Å². The van der Waals surface area contributed by atoms with Gasteiger partial charge in [0, 0.05) is 60.8 Å². The number of nitrogens with one attached hydrogen (secondary N) is 1. The minimum absolute atomic E-state index is 0.190. The van der Waals surface area contributed by atoms with Gasteiger partial charge in [0.2, 0.25) is 0 Å². The fourth-order valence-corrected chi connectivity index (χ4v) is 4.92. The van der Waals surface area contributed by atoms with Gasteiger partial charge in [-0.2, -0.15) is 5.10 Å². The van der Waals surface area contributed by atoms with E-state index in [9.17, 15) is 5.11 Å². The molecule has 0 spiro atoms. The Labute approximate surface area is 218 Å². The Morgan fingerprint density at radius 1 is 0.919 bits per heavy atom. The molecule has 1 fully saturated rings. The van der Waals surface area contributed by atoms with Gasteiger partial charge in [-0.1, -0.05) is 30.3 Å². The number of phenols is 1. The summed E-state index contributed by atoms with van der Waals surface area (Å²) in [5.74, 6) is 1.68. The molecule has 2 N–H and O–H groups in total. The van der Waals surface area contributed by atoms with Crippen molar-refractivity contribution in [2.24, 2.45) is 0 Å². The molecule has 2 heterocycles. The number of para-hydroxylation sites is 1. The van der Waals surface area contributed by atoms with E-state index in [-0.39, 0.29) is 5.75 Å². The lowest BCUT2D eigenvalue weighted by Crippen LogP contribution is -2.47. The Morgan fingerprint density at radius 3 is 2.35 bits per heavy atom. The second-order valence-corrected chi connectivity index (χ2v) is 9.40. The summed E-state index contributed by atoms with van der Waals surface area (Å²) < 4.78 is 11.4. The average molecular weight is 499 g/mol. The van der Waals surface area contributed by atoms with Crippen molar-refractivity contribution in [3.05, 3.63) is 78.0 Å². The Bertz CT molecular complexity index is 1330. The summed E-state index contributed by atoms with van der Waals surface area (Å²) in [5.41, 5.74) is 6.29. The van der Waals surface area contributed by atoms with Crippen molar-refractivity contribution in [3.63, 3.8) is 0 Å². The molecule has 7 nitrogen and oxygen atoms in total. The van der Waals surface area contributed by atoms with E-state index in [1.807, 2.05) is 50.2 Å². The number of anilines is 1. The number of hydrogen-bond acceptors (Lipinski definition) is 6. The summed E-state index contributed by atoms with van der Waals surface area (Å²) in [6, 6.07) is 22.2. The molecule has 5 rings (SSSR count). The molecule has 1 saturated heterocycles. The van der Waals surface area contributed by atoms with Gasteiger partial charge in [0.05, 0.1) is 7.11 Å². The van der Waals surface area contributed by atoms with Crippen molar-refractivity contribution >= 4 is 5.69 Å². The molecule has 3 aromatic carbocycles. The maximum atomic E-state index is 11.1.